The van der Waals surface area contributed by atoms with Crippen molar-refractivity contribution in [3.8, 4) is 68.7 Å². The molecular formula is C37H47N3O9. The average molecular weight is 678 g/mol. The topological polar surface area (TPSA) is 188 Å². The van der Waals surface area contributed by atoms with Crippen LogP contribution < -0.4 is 14.2 Å². The molecule has 264 valence electrons. The quantitative estimate of drug-likeness (QED) is 0.0681. The van der Waals surface area contributed by atoms with Gasteiger partial charge in [0.1, 0.15) is 54.3 Å². The first-order valence-electron chi connectivity index (χ1n) is 16.8. The lowest BCUT2D eigenvalue weighted by molar-refractivity contribution is 0.0978. The van der Waals surface area contributed by atoms with Crippen LogP contribution in [-0.2, 0) is 0 Å². The molecule has 0 aliphatic carbocycles. The Morgan fingerprint density at radius 3 is 1.10 bits per heavy atom. The van der Waals surface area contributed by atoms with Crippen LogP contribution in [0.3, 0.4) is 0 Å². The van der Waals surface area contributed by atoms with Gasteiger partial charge < -0.3 is 44.8 Å². The third kappa shape index (κ3) is 10.7. The van der Waals surface area contributed by atoms with E-state index in [1.54, 1.807) is 36.4 Å². The average Bonchev–Trinajstić information content (AvgIpc) is 3.08. The van der Waals surface area contributed by atoms with Gasteiger partial charge in [0.15, 0.2) is 17.5 Å². The molecule has 0 radical (unpaired) electrons. The Hall–Kier alpha value is -4.65. The molecule has 3 atom stereocenters. The molecule has 1 heterocycles. The van der Waals surface area contributed by atoms with Crippen LogP contribution in [0.4, 0.5) is 0 Å². The number of hydrogen-bond acceptors (Lipinski definition) is 12. The van der Waals surface area contributed by atoms with Crippen LogP contribution in [0.5, 0.6) is 34.5 Å². The Morgan fingerprint density at radius 2 is 0.816 bits per heavy atom. The Labute approximate surface area is 286 Å². The number of ether oxygens (including phenoxy) is 3. The van der Waals surface area contributed by atoms with Crippen LogP contribution in [-0.4, -0.2) is 83.7 Å². The summed E-state index contributed by atoms with van der Waals surface area (Å²) < 4.78 is 17.0. The van der Waals surface area contributed by atoms with Gasteiger partial charge in [0, 0.05) is 18.2 Å². The Balaban J connectivity index is 1.69. The first kappa shape index (κ1) is 37.2. The zero-order chi connectivity index (χ0) is 35.3. The fourth-order valence-corrected chi connectivity index (χ4v) is 5.04. The van der Waals surface area contributed by atoms with E-state index in [2.05, 4.69) is 15.0 Å². The van der Waals surface area contributed by atoms with Crippen molar-refractivity contribution in [3.05, 3.63) is 54.6 Å². The summed E-state index contributed by atoms with van der Waals surface area (Å²) in [5.74, 6) is 0.608. The molecule has 6 N–H and O–H groups in total. The molecule has 0 aliphatic rings. The molecule has 49 heavy (non-hydrogen) atoms. The second-order valence-electron chi connectivity index (χ2n) is 12.0. The second-order valence-corrected chi connectivity index (χ2v) is 12.0. The van der Waals surface area contributed by atoms with Crippen LogP contribution in [0.2, 0.25) is 0 Å². The van der Waals surface area contributed by atoms with E-state index in [0.29, 0.717) is 36.5 Å². The van der Waals surface area contributed by atoms with Crippen LogP contribution in [0.1, 0.15) is 65.7 Å². The van der Waals surface area contributed by atoms with Crippen molar-refractivity contribution in [2.75, 3.05) is 19.8 Å². The Bertz CT molecular complexity index is 1570. The number of phenols is 3. The highest BCUT2D eigenvalue weighted by Crippen LogP contribution is 2.37. The molecule has 4 rings (SSSR count). The van der Waals surface area contributed by atoms with Crippen molar-refractivity contribution >= 4 is 0 Å². The third-order valence-electron chi connectivity index (χ3n) is 7.73. The molecule has 0 saturated heterocycles. The number of aliphatic hydroxyl groups excluding tert-OH is 3. The zero-order valence-electron chi connectivity index (χ0n) is 28.2. The molecule has 4 aromatic rings. The predicted molar refractivity (Wildman–Crippen MR) is 185 cm³/mol. The summed E-state index contributed by atoms with van der Waals surface area (Å²) in [7, 11) is 0. The van der Waals surface area contributed by atoms with Crippen molar-refractivity contribution in [2.24, 2.45) is 0 Å². The van der Waals surface area contributed by atoms with E-state index in [4.69, 9.17) is 14.2 Å². The maximum absolute atomic E-state index is 11.0. The van der Waals surface area contributed by atoms with Gasteiger partial charge in [-0.15, -0.1) is 0 Å². The predicted octanol–water partition coefficient (Wildman–Crippen LogP) is 6.00. The molecule has 1 aromatic heterocycles. The molecule has 0 saturated carbocycles. The maximum atomic E-state index is 11.0. The van der Waals surface area contributed by atoms with Gasteiger partial charge in [-0.1, -0.05) is 46.5 Å². The molecule has 0 fully saturated rings. The first-order chi connectivity index (χ1) is 23.6. The van der Waals surface area contributed by atoms with E-state index in [1.165, 1.54) is 18.2 Å². The summed E-state index contributed by atoms with van der Waals surface area (Å²) in [4.78, 5) is 13.7. The van der Waals surface area contributed by atoms with Crippen molar-refractivity contribution in [1.82, 2.24) is 15.0 Å². The number of unbranched alkanes of at least 4 members (excludes halogenated alkanes) is 1. The normalized spacial score (nSPS) is 13.1. The first-order valence-corrected chi connectivity index (χ1v) is 16.8. The van der Waals surface area contributed by atoms with Crippen molar-refractivity contribution in [1.29, 1.82) is 0 Å². The van der Waals surface area contributed by atoms with E-state index in [-0.39, 0.29) is 71.2 Å². The number of nitrogens with zero attached hydrogens (tertiary/aromatic N) is 3. The number of hydrogen-bond donors (Lipinski definition) is 6. The summed E-state index contributed by atoms with van der Waals surface area (Å²) in [6, 6.07) is 13.8. The molecule has 12 heteroatoms. The SMILES string of the molecule is CCCCC(O)COc1ccc(-c2nc(-c3ccc(OCC(O)CCC)cc3O)nc(-c3ccc(OCC(O)CCC)cc3O)n2)c(O)c1. The summed E-state index contributed by atoms with van der Waals surface area (Å²) in [6.07, 6.45) is 3.32. The van der Waals surface area contributed by atoms with Gasteiger partial charge in [-0.05, 0) is 55.7 Å². The third-order valence-corrected chi connectivity index (χ3v) is 7.73. The summed E-state index contributed by atoms with van der Waals surface area (Å²) in [5, 5.41) is 63.3. The number of phenolic OH excluding ortho intramolecular Hbond substituents is 3. The van der Waals surface area contributed by atoms with E-state index in [9.17, 15) is 30.6 Å². The van der Waals surface area contributed by atoms with Gasteiger partial charge in [0.2, 0.25) is 0 Å². The Kier molecular flexibility index (Phi) is 13.8. The molecule has 0 aliphatic heterocycles. The van der Waals surface area contributed by atoms with Crippen molar-refractivity contribution in [2.45, 2.75) is 84.0 Å². The summed E-state index contributed by atoms with van der Waals surface area (Å²) in [6.45, 7) is 6.18. The minimum absolute atomic E-state index is 0.0521. The van der Waals surface area contributed by atoms with E-state index in [0.717, 1.165) is 25.7 Å². The molecule has 0 spiro atoms. The smallest absolute Gasteiger partial charge is 0.167 e. The van der Waals surface area contributed by atoms with Gasteiger partial charge in [-0.3, -0.25) is 0 Å². The fourth-order valence-electron chi connectivity index (χ4n) is 5.04. The lowest BCUT2D eigenvalue weighted by Crippen LogP contribution is -2.17. The number of aromatic hydroxyl groups is 3. The maximum Gasteiger partial charge on any atom is 0.167 e. The highest BCUT2D eigenvalue weighted by molar-refractivity contribution is 5.74. The van der Waals surface area contributed by atoms with Crippen LogP contribution in [0.15, 0.2) is 54.6 Å². The van der Waals surface area contributed by atoms with E-state index >= 15 is 0 Å². The van der Waals surface area contributed by atoms with Gasteiger partial charge in [0.25, 0.3) is 0 Å². The van der Waals surface area contributed by atoms with Crippen LogP contribution in [0, 0.1) is 0 Å². The minimum Gasteiger partial charge on any atom is -0.507 e. The summed E-state index contributed by atoms with van der Waals surface area (Å²) in [5.41, 5.74) is 0.699. The molecule has 3 aromatic carbocycles. The summed E-state index contributed by atoms with van der Waals surface area (Å²) >= 11 is 0. The standard InChI is InChI=1S/C37H47N3O9/c1-4-7-10-25(43)22-49-28-13-16-31(34(46)19-28)37-39-35(29-14-11-26(17-32(29)44)47-20-23(41)8-5-2)38-36(40-37)30-15-12-27(18-33(30)45)48-21-24(42)9-6-3/h11-19,23-25,41-46H,4-10,20-22H2,1-3H3. The van der Waals surface area contributed by atoms with Crippen LogP contribution >= 0.6 is 0 Å². The molecular weight excluding hydrogens is 630 g/mol. The zero-order valence-corrected chi connectivity index (χ0v) is 28.2. The van der Waals surface area contributed by atoms with E-state index < -0.39 is 18.3 Å². The van der Waals surface area contributed by atoms with Crippen molar-refractivity contribution in [3.63, 3.8) is 0 Å². The Morgan fingerprint density at radius 1 is 0.490 bits per heavy atom. The van der Waals surface area contributed by atoms with Gasteiger partial charge in [-0.25, -0.2) is 15.0 Å². The highest BCUT2D eigenvalue weighted by Gasteiger charge is 2.20. The minimum atomic E-state index is -0.637. The van der Waals surface area contributed by atoms with Crippen LogP contribution in [0.25, 0.3) is 34.2 Å². The largest absolute Gasteiger partial charge is 0.507 e. The monoisotopic (exact) mass is 677 g/mol. The van der Waals surface area contributed by atoms with E-state index in [1.807, 2.05) is 20.8 Å². The molecule has 3 unspecified atom stereocenters. The van der Waals surface area contributed by atoms with Gasteiger partial charge in [0.05, 0.1) is 35.0 Å². The van der Waals surface area contributed by atoms with Crippen molar-refractivity contribution < 1.29 is 44.8 Å². The molecule has 0 bridgehead atoms. The number of aromatic nitrogens is 3. The molecule has 0 amide bonds. The second kappa shape index (κ2) is 18.2. The fraction of sp³-hybridized carbons (Fsp3) is 0.432. The number of aliphatic hydroxyl groups is 3. The molecule has 12 nitrogen and oxygen atoms in total. The highest BCUT2D eigenvalue weighted by atomic mass is 16.5. The lowest BCUT2D eigenvalue weighted by atomic mass is 10.1. The van der Waals surface area contributed by atoms with Gasteiger partial charge >= 0.3 is 0 Å². The van der Waals surface area contributed by atoms with Gasteiger partial charge in [-0.2, -0.15) is 0 Å². The lowest BCUT2D eigenvalue weighted by Gasteiger charge is -2.15. The number of rotatable bonds is 19. The number of benzene rings is 3.